The number of fused-ring (bicyclic) bond motifs is 1. The monoisotopic (exact) mass is 376 g/mol. The summed E-state index contributed by atoms with van der Waals surface area (Å²) in [4.78, 5) is 19.6. The number of rotatable bonds is 3. The highest BCUT2D eigenvalue weighted by Gasteiger charge is 2.32. The van der Waals surface area contributed by atoms with Gasteiger partial charge < -0.3 is 4.90 Å². The molecule has 146 valence electrons. The molecule has 0 N–H and O–H groups in total. The summed E-state index contributed by atoms with van der Waals surface area (Å²) in [5.74, 6) is 0.180. The number of amides is 1. The molecule has 0 bridgehead atoms. The van der Waals surface area contributed by atoms with Crippen molar-refractivity contribution in [3.05, 3.63) is 65.1 Å². The summed E-state index contributed by atoms with van der Waals surface area (Å²) in [6.45, 7) is 9.32. The molecule has 0 aliphatic carbocycles. The molecule has 0 spiro atoms. The van der Waals surface area contributed by atoms with E-state index in [0.29, 0.717) is 6.42 Å². The van der Waals surface area contributed by atoms with Crippen molar-refractivity contribution in [2.45, 2.75) is 58.4 Å². The number of carbonyl (C=O) groups excluding carboxylic acids is 1. The van der Waals surface area contributed by atoms with Gasteiger partial charge in [-0.25, -0.2) is 9.50 Å². The summed E-state index contributed by atoms with van der Waals surface area (Å²) < 4.78 is 1.93. The fourth-order valence-corrected chi connectivity index (χ4v) is 3.89. The maximum Gasteiger partial charge on any atom is 0.227 e. The minimum atomic E-state index is -0.0401. The normalized spacial score (nSPS) is 17.4. The molecule has 3 aromatic rings. The number of benzene rings is 1. The van der Waals surface area contributed by atoms with Gasteiger partial charge in [0, 0.05) is 24.2 Å². The van der Waals surface area contributed by atoms with Crippen LogP contribution < -0.4 is 0 Å². The first-order valence-electron chi connectivity index (χ1n) is 10.0. The van der Waals surface area contributed by atoms with Gasteiger partial charge in [0.25, 0.3) is 0 Å². The largest absolute Gasteiger partial charge is 0.334 e. The molecule has 0 unspecified atom stereocenters. The van der Waals surface area contributed by atoms with E-state index in [4.69, 9.17) is 5.10 Å². The fraction of sp³-hybridized carbons (Fsp3) is 0.435. The first kappa shape index (κ1) is 18.7. The van der Waals surface area contributed by atoms with Gasteiger partial charge in [0.05, 0.1) is 23.9 Å². The van der Waals surface area contributed by atoms with E-state index in [1.807, 2.05) is 33.8 Å². The van der Waals surface area contributed by atoms with Crippen molar-refractivity contribution in [3.63, 3.8) is 0 Å². The Balaban J connectivity index is 1.63. The SMILES string of the molecule is Cc1ccc(CC(=O)N2CCC[C@H]2c2ccnc3cc(C(C)(C)C)nn23)cc1. The van der Waals surface area contributed by atoms with E-state index < -0.39 is 0 Å². The molecule has 3 heterocycles. The molecule has 1 amide bonds. The second-order valence-electron chi connectivity index (χ2n) is 8.83. The Kier molecular flexibility index (Phi) is 4.69. The quantitative estimate of drug-likeness (QED) is 0.687. The van der Waals surface area contributed by atoms with E-state index >= 15 is 0 Å². The number of carbonyl (C=O) groups is 1. The Labute approximate surface area is 166 Å². The van der Waals surface area contributed by atoms with E-state index in [0.717, 1.165) is 42.0 Å². The molecule has 1 fully saturated rings. The third kappa shape index (κ3) is 3.53. The van der Waals surface area contributed by atoms with Gasteiger partial charge in [0.1, 0.15) is 0 Å². The lowest BCUT2D eigenvalue weighted by atomic mass is 9.93. The molecule has 4 rings (SSSR count). The van der Waals surface area contributed by atoms with Gasteiger partial charge in [-0.2, -0.15) is 5.10 Å². The van der Waals surface area contributed by atoms with Crippen molar-refractivity contribution >= 4 is 11.6 Å². The molecule has 28 heavy (non-hydrogen) atoms. The van der Waals surface area contributed by atoms with Crippen LogP contribution in [0.2, 0.25) is 0 Å². The average Bonchev–Trinajstić information content (AvgIpc) is 3.30. The van der Waals surface area contributed by atoms with Gasteiger partial charge in [-0.1, -0.05) is 50.6 Å². The minimum Gasteiger partial charge on any atom is -0.334 e. The zero-order valence-corrected chi connectivity index (χ0v) is 17.1. The predicted molar refractivity (Wildman–Crippen MR) is 110 cm³/mol. The number of hydrogen-bond donors (Lipinski definition) is 0. The number of nitrogens with zero attached hydrogens (tertiary/aromatic N) is 4. The molecule has 5 heteroatoms. The Hall–Kier alpha value is -2.69. The lowest BCUT2D eigenvalue weighted by Gasteiger charge is -2.25. The summed E-state index contributed by atoms with van der Waals surface area (Å²) in [6.07, 6.45) is 4.25. The van der Waals surface area contributed by atoms with Crippen molar-refractivity contribution < 1.29 is 4.79 Å². The van der Waals surface area contributed by atoms with Crippen molar-refractivity contribution in [3.8, 4) is 0 Å². The smallest absolute Gasteiger partial charge is 0.227 e. The third-order valence-electron chi connectivity index (χ3n) is 5.55. The molecule has 2 aromatic heterocycles. The second kappa shape index (κ2) is 7.04. The third-order valence-corrected chi connectivity index (χ3v) is 5.55. The van der Waals surface area contributed by atoms with E-state index in [9.17, 15) is 4.79 Å². The van der Waals surface area contributed by atoms with Crippen molar-refractivity contribution in [2.24, 2.45) is 0 Å². The van der Waals surface area contributed by atoms with Crippen LogP contribution in [0.3, 0.4) is 0 Å². The zero-order valence-electron chi connectivity index (χ0n) is 17.1. The lowest BCUT2D eigenvalue weighted by molar-refractivity contribution is -0.131. The molecule has 5 nitrogen and oxygen atoms in total. The zero-order chi connectivity index (χ0) is 19.9. The van der Waals surface area contributed by atoms with Crippen molar-refractivity contribution in [1.82, 2.24) is 19.5 Å². The van der Waals surface area contributed by atoms with Crippen LogP contribution in [0.5, 0.6) is 0 Å². The topological polar surface area (TPSA) is 50.5 Å². The van der Waals surface area contributed by atoms with Crippen LogP contribution in [0, 0.1) is 6.92 Å². The van der Waals surface area contributed by atoms with E-state index in [-0.39, 0.29) is 17.4 Å². The molecule has 1 aliphatic rings. The molecular formula is C23H28N4O. The van der Waals surface area contributed by atoms with Crippen LogP contribution in [0.15, 0.2) is 42.6 Å². The number of aryl methyl sites for hydroxylation is 1. The summed E-state index contributed by atoms with van der Waals surface area (Å²) in [5, 5.41) is 4.83. The van der Waals surface area contributed by atoms with Crippen LogP contribution in [-0.2, 0) is 16.6 Å². The Morgan fingerprint density at radius 2 is 1.93 bits per heavy atom. The number of aromatic nitrogens is 3. The van der Waals surface area contributed by atoms with Crippen LogP contribution in [0.4, 0.5) is 0 Å². The molecule has 1 aromatic carbocycles. The summed E-state index contributed by atoms with van der Waals surface area (Å²) in [5.41, 5.74) is 5.15. The molecule has 1 atom stereocenters. The van der Waals surface area contributed by atoms with Gasteiger partial charge in [-0.3, -0.25) is 4.79 Å². The van der Waals surface area contributed by atoms with Crippen LogP contribution in [-0.4, -0.2) is 31.9 Å². The summed E-state index contributed by atoms with van der Waals surface area (Å²) in [6, 6.07) is 12.3. The van der Waals surface area contributed by atoms with Crippen molar-refractivity contribution in [1.29, 1.82) is 0 Å². The predicted octanol–water partition coefficient (Wildman–Crippen LogP) is 4.24. The molecule has 1 saturated heterocycles. The van der Waals surface area contributed by atoms with Gasteiger partial charge in [-0.15, -0.1) is 0 Å². The number of likely N-dealkylation sites (tertiary alicyclic amines) is 1. The molecule has 0 saturated carbocycles. The summed E-state index contributed by atoms with van der Waals surface area (Å²) in [7, 11) is 0. The van der Waals surface area contributed by atoms with Gasteiger partial charge in [0.15, 0.2) is 5.65 Å². The standard InChI is InChI=1S/C23H28N4O/c1-16-7-9-17(10-8-16)14-22(28)26-13-5-6-18(26)19-11-12-24-21-15-20(23(2,3)4)25-27(19)21/h7-12,15,18H,5-6,13-14H2,1-4H3/t18-/m0/s1. The Morgan fingerprint density at radius 1 is 1.18 bits per heavy atom. The van der Waals surface area contributed by atoms with Gasteiger partial charge in [-0.05, 0) is 31.4 Å². The van der Waals surface area contributed by atoms with Crippen LogP contribution in [0.25, 0.3) is 5.65 Å². The van der Waals surface area contributed by atoms with Gasteiger partial charge >= 0.3 is 0 Å². The van der Waals surface area contributed by atoms with E-state index in [1.54, 1.807) is 0 Å². The second-order valence-corrected chi connectivity index (χ2v) is 8.83. The highest BCUT2D eigenvalue weighted by Crippen LogP contribution is 2.33. The average molecular weight is 377 g/mol. The van der Waals surface area contributed by atoms with Gasteiger partial charge in [0.2, 0.25) is 5.91 Å². The summed E-state index contributed by atoms with van der Waals surface area (Å²) >= 11 is 0. The van der Waals surface area contributed by atoms with Crippen LogP contribution >= 0.6 is 0 Å². The maximum absolute atomic E-state index is 13.1. The molecule has 1 aliphatic heterocycles. The molecule has 0 radical (unpaired) electrons. The minimum absolute atomic E-state index is 0.0401. The fourth-order valence-electron chi connectivity index (χ4n) is 3.89. The van der Waals surface area contributed by atoms with E-state index in [1.165, 1.54) is 5.56 Å². The maximum atomic E-state index is 13.1. The first-order chi connectivity index (χ1) is 13.3. The number of hydrogen-bond acceptors (Lipinski definition) is 3. The van der Waals surface area contributed by atoms with Crippen LogP contribution in [0.1, 0.15) is 62.2 Å². The Bertz CT molecular complexity index is 998. The first-order valence-corrected chi connectivity index (χ1v) is 10.0. The lowest BCUT2D eigenvalue weighted by Crippen LogP contribution is -2.32. The molecular weight excluding hydrogens is 348 g/mol. The highest BCUT2D eigenvalue weighted by molar-refractivity contribution is 5.79. The Morgan fingerprint density at radius 3 is 2.64 bits per heavy atom. The van der Waals surface area contributed by atoms with E-state index in [2.05, 4.69) is 50.9 Å². The van der Waals surface area contributed by atoms with Crippen molar-refractivity contribution in [2.75, 3.05) is 6.54 Å². The highest BCUT2D eigenvalue weighted by atomic mass is 16.2.